The lowest BCUT2D eigenvalue weighted by Gasteiger charge is -2.32. The van der Waals surface area contributed by atoms with Crippen LogP contribution in [-0.2, 0) is 32.7 Å². The summed E-state index contributed by atoms with van der Waals surface area (Å²) in [5, 5.41) is 12.5. The number of hydrogen-bond acceptors (Lipinski definition) is 7. The molecule has 3 amide bonds. The molecule has 0 aliphatic heterocycles. The lowest BCUT2D eigenvalue weighted by Crippen LogP contribution is -2.46. The van der Waals surface area contributed by atoms with E-state index in [0.717, 1.165) is 5.92 Å². The number of methoxy groups -OCH3 is 1. The van der Waals surface area contributed by atoms with Crippen LogP contribution in [0.1, 0.15) is 48.9 Å². The molecule has 6 atom stereocenters. The van der Waals surface area contributed by atoms with Crippen LogP contribution in [0.3, 0.4) is 0 Å². The third kappa shape index (κ3) is 6.41. The smallest absolute Gasteiger partial charge is 0.330 e. The highest BCUT2D eigenvalue weighted by atomic mass is 16.5. The van der Waals surface area contributed by atoms with Gasteiger partial charge < -0.3 is 25.3 Å². The number of rotatable bonds is 11. The van der Waals surface area contributed by atoms with Crippen molar-refractivity contribution >= 4 is 29.4 Å². The maximum atomic E-state index is 13.2. The molecule has 4 saturated carbocycles. The second-order valence-electron chi connectivity index (χ2n) is 11.4. The number of carbonyl (C=O) groups is 4. The first-order chi connectivity index (χ1) is 19.7. The van der Waals surface area contributed by atoms with Crippen LogP contribution in [0.5, 0.6) is 0 Å². The number of hydrogen-bond donors (Lipinski definition) is 3. The number of aryl methyl sites for hydroxylation is 1. The summed E-state index contributed by atoms with van der Waals surface area (Å²) >= 11 is 0. The molecule has 2 aromatic rings. The van der Waals surface area contributed by atoms with E-state index in [9.17, 15) is 24.0 Å². The summed E-state index contributed by atoms with van der Waals surface area (Å²) in [5.74, 6) is 0.742. The van der Waals surface area contributed by atoms with Crippen LogP contribution in [0.15, 0.2) is 47.7 Å². The molecule has 218 valence electrons. The van der Waals surface area contributed by atoms with Crippen LogP contribution in [0.4, 0.5) is 5.69 Å². The molecule has 12 nitrogen and oxygen atoms in total. The highest BCUT2D eigenvalue weighted by Gasteiger charge is 2.54. The molecule has 0 aromatic carbocycles. The van der Waals surface area contributed by atoms with Gasteiger partial charge in [0.2, 0.25) is 11.8 Å². The maximum Gasteiger partial charge on any atom is 0.330 e. The van der Waals surface area contributed by atoms with Gasteiger partial charge in [0, 0.05) is 31.6 Å². The summed E-state index contributed by atoms with van der Waals surface area (Å²) in [6.45, 7) is -0.147. The van der Waals surface area contributed by atoms with Gasteiger partial charge in [-0.2, -0.15) is 5.10 Å². The maximum absolute atomic E-state index is 13.2. The second-order valence-corrected chi connectivity index (χ2v) is 11.4. The number of carbonyl (C=O) groups excluding carboxylic acids is 4. The van der Waals surface area contributed by atoms with Gasteiger partial charge in [-0.15, -0.1) is 0 Å². The Kier molecular flexibility index (Phi) is 8.36. The van der Waals surface area contributed by atoms with Crippen molar-refractivity contribution in [2.75, 3.05) is 12.4 Å². The third-order valence-corrected chi connectivity index (χ3v) is 8.64. The largest absolute Gasteiger partial charge is 0.466 e. The quantitative estimate of drug-likeness (QED) is 0.275. The Morgan fingerprint density at radius 3 is 2.71 bits per heavy atom. The highest BCUT2D eigenvalue weighted by Crippen LogP contribution is 2.58. The van der Waals surface area contributed by atoms with E-state index in [1.165, 1.54) is 72.8 Å². The standard InChI is InChI=1S/C29H36N6O6/c1-34-15-20(14-30-34)27(38)31-22(6-3-4-8-25(37)41-2)28(39)32-23-7-5-9-35(29(23)40)16-24(36)33-26-19-11-17-10-18(13-19)21(26)12-17/h4-5,7-9,14-15,17-19,21-22,26H,3,6,10-13,16H2,1-2H3,(H,31,38)(H,32,39)(H,33,36)/b8-4+/t17?,18?,19?,21?,22-,26?/m0/s1. The van der Waals surface area contributed by atoms with Crippen molar-refractivity contribution in [3.63, 3.8) is 0 Å². The van der Waals surface area contributed by atoms with Gasteiger partial charge in [-0.1, -0.05) is 6.08 Å². The second kappa shape index (κ2) is 12.1. The van der Waals surface area contributed by atoms with Gasteiger partial charge in [-0.25, -0.2) is 4.79 Å². The lowest BCUT2D eigenvalue weighted by atomic mass is 9.79. The fraction of sp³-hybridized carbons (Fsp3) is 0.517. The molecule has 0 radical (unpaired) electrons. The molecular formula is C29H36N6O6. The molecule has 41 heavy (non-hydrogen) atoms. The molecule has 12 heteroatoms. The Balaban J connectivity index is 1.23. The fourth-order valence-electron chi connectivity index (χ4n) is 6.88. The first-order valence-electron chi connectivity index (χ1n) is 14.1. The van der Waals surface area contributed by atoms with E-state index in [1.807, 2.05) is 0 Å². The van der Waals surface area contributed by atoms with Gasteiger partial charge in [0.1, 0.15) is 18.3 Å². The molecule has 4 aliphatic rings. The first-order valence-corrected chi connectivity index (χ1v) is 14.1. The number of pyridine rings is 1. The van der Waals surface area contributed by atoms with Gasteiger partial charge in [-0.05, 0) is 74.3 Å². The zero-order valence-electron chi connectivity index (χ0n) is 23.2. The molecule has 4 bridgehead atoms. The van der Waals surface area contributed by atoms with Crippen LogP contribution in [0, 0.1) is 23.7 Å². The minimum absolute atomic E-state index is 0.00501. The Labute approximate surface area is 237 Å². The number of aromatic nitrogens is 3. The fourth-order valence-corrected chi connectivity index (χ4v) is 6.88. The number of nitrogens with one attached hydrogen (secondary N) is 3. The van der Waals surface area contributed by atoms with Crippen molar-refractivity contribution in [1.29, 1.82) is 0 Å². The molecule has 3 N–H and O–H groups in total. The van der Waals surface area contributed by atoms with E-state index in [4.69, 9.17) is 0 Å². The van der Waals surface area contributed by atoms with Crippen molar-refractivity contribution in [3.8, 4) is 0 Å². The molecule has 0 saturated heterocycles. The van der Waals surface area contributed by atoms with Crippen LogP contribution >= 0.6 is 0 Å². The SMILES string of the molecule is COC(=O)/C=C/CC[C@H](NC(=O)c1cnn(C)c1)C(=O)Nc1cccn(CC(=O)NC2C3CC4CC(C3)C2C4)c1=O. The zero-order chi connectivity index (χ0) is 29.1. The average Bonchev–Trinajstić information content (AvgIpc) is 3.58. The molecule has 4 fully saturated rings. The van der Waals surface area contributed by atoms with E-state index >= 15 is 0 Å². The van der Waals surface area contributed by atoms with Crippen molar-refractivity contribution < 1.29 is 23.9 Å². The number of nitrogens with zero attached hydrogens (tertiary/aromatic N) is 3. The minimum atomic E-state index is -1.02. The van der Waals surface area contributed by atoms with Crippen LogP contribution in [-0.4, -0.2) is 57.2 Å². The lowest BCUT2D eigenvalue weighted by molar-refractivity contribution is -0.134. The monoisotopic (exact) mass is 564 g/mol. The number of allylic oxidation sites excluding steroid dienone is 1. The summed E-state index contributed by atoms with van der Waals surface area (Å²) < 4.78 is 7.31. The predicted octanol–water partition coefficient (Wildman–Crippen LogP) is 1.38. The first kappa shape index (κ1) is 28.3. The summed E-state index contributed by atoms with van der Waals surface area (Å²) in [4.78, 5) is 63.5. The van der Waals surface area contributed by atoms with Crippen LogP contribution in [0.2, 0.25) is 0 Å². The minimum Gasteiger partial charge on any atom is -0.466 e. The summed E-state index contributed by atoms with van der Waals surface area (Å²) in [7, 11) is 2.93. The Morgan fingerprint density at radius 2 is 1.98 bits per heavy atom. The summed E-state index contributed by atoms with van der Waals surface area (Å²) in [6.07, 6.45) is 12.5. The summed E-state index contributed by atoms with van der Waals surface area (Å²) in [6, 6.07) is 2.21. The number of anilines is 1. The molecule has 2 heterocycles. The Morgan fingerprint density at radius 1 is 1.17 bits per heavy atom. The van der Waals surface area contributed by atoms with E-state index in [-0.39, 0.29) is 42.6 Å². The third-order valence-electron chi connectivity index (χ3n) is 8.64. The molecule has 5 unspecified atom stereocenters. The summed E-state index contributed by atoms with van der Waals surface area (Å²) in [5.41, 5.74) is -0.255. The topological polar surface area (TPSA) is 153 Å². The van der Waals surface area contributed by atoms with Gasteiger partial charge >= 0.3 is 5.97 Å². The van der Waals surface area contributed by atoms with Crippen LogP contribution < -0.4 is 21.5 Å². The average molecular weight is 565 g/mol. The molecular weight excluding hydrogens is 528 g/mol. The van der Waals surface area contributed by atoms with Crippen LogP contribution in [0.25, 0.3) is 0 Å². The number of amides is 3. The molecule has 0 spiro atoms. The van der Waals surface area contributed by atoms with Crippen molar-refractivity contribution in [3.05, 3.63) is 58.8 Å². The molecule has 2 aromatic heterocycles. The van der Waals surface area contributed by atoms with Crippen molar-refractivity contribution in [2.24, 2.45) is 30.7 Å². The predicted molar refractivity (Wildman–Crippen MR) is 149 cm³/mol. The zero-order valence-corrected chi connectivity index (χ0v) is 23.2. The van der Waals surface area contributed by atoms with E-state index in [1.54, 1.807) is 19.2 Å². The van der Waals surface area contributed by atoms with E-state index < -0.39 is 29.4 Å². The highest BCUT2D eigenvalue weighted by molar-refractivity contribution is 6.01. The number of esters is 1. The van der Waals surface area contributed by atoms with Crippen molar-refractivity contribution in [2.45, 2.75) is 57.2 Å². The van der Waals surface area contributed by atoms with Gasteiger partial charge in [0.25, 0.3) is 11.5 Å². The Hall–Kier alpha value is -4.22. The number of ether oxygens (including phenoxy) is 1. The van der Waals surface area contributed by atoms with E-state index in [2.05, 4.69) is 25.8 Å². The molecule has 6 rings (SSSR count). The van der Waals surface area contributed by atoms with E-state index in [0.29, 0.717) is 17.8 Å². The van der Waals surface area contributed by atoms with Crippen molar-refractivity contribution in [1.82, 2.24) is 25.0 Å². The van der Waals surface area contributed by atoms with Gasteiger partial charge in [0.15, 0.2) is 0 Å². The normalized spacial score (nSPS) is 24.8. The molecule has 4 aliphatic carbocycles. The van der Waals surface area contributed by atoms with Gasteiger partial charge in [-0.3, -0.25) is 23.9 Å². The Bertz CT molecular complexity index is 1410. The van der Waals surface area contributed by atoms with Gasteiger partial charge in [0.05, 0.1) is 18.9 Å².